The highest BCUT2D eigenvalue weighted by Crippen LogP contribution is 2.32. The van der Waals surface area contributed by atoms with Gasteiger partial charge >= 0.3 is 6.18 Å². The van der Waals surface area contributed by atoms with E-state index in [-0.39, 0.29) is 10.8 Å². The number of rotatable bonds is 4. The van der Waals surface area contributed by atoms with Crippen molar-refractivity contribution in [1.82, 2.24) is 4.90 Å². The third-order valence-corrected chi connectivity index (χ3v) is 7.33. The molecule has 30 heavy (non-hydrogen) atoms. The van der Waals surface area contributed by atoms with E-state index in [9.17, 15) is 26.4 Å². The van der Waals surface area contributed by atoms with Crippen LogP contribution in [0.5, 0.6) is 0 Å². The highest BCUT2D eigenvalue weighted by molar-refractivity contribution is 7.92. The van der Waals surface area contributed by atoms with E-state index in [4.69, 9.17) is 0 Å². The van der Waals surface area contributed by atoms with Gasteiger partial charge in [-0.3, -0.25) is 4.79 Å². The molecule has 1 aliphatic rings. The second kappa shape index (κ2) is 8.29. The van der Waals surface area contributed by atoms with Crippen LogP contribution in [0.1, 0.15) is 29.8 Å². The van der Waals surface area contributed by atoms with Crippen LogP contribution in [0.3, 0.4) is 0 Å². The summed E-state index contributed by atoms with van der Waals surface area (Å²) < 4.78 is 63.2. The first kappa shape index (κ1) is 22.1. The van der Waals surface area contributed by atoms with Crippen LogP contribution >= 0.6 is 0 Å². The lowest BCUT2D eigenvalue weighted by Crippen LogP contribution is -2.48. The molecule has 2 aromatic rings. The number of hydrogen-bond donors (Lipinski definition) is 0. The highest BCUT2D eigenvalue weighted by atomic mass is 32.2. The van der Waals surface area contributed by atoms with Gasteiger partial charge < -0.3 is 9.80 Å². The molecule has 3 rings (SSSR count). The van der Waals surface area contributed by atoms with Gasteiger partial charge in [-0.1, -0.05) is 6.07 Å². The number of benzene rings is 2. The van der Waals surface area contributed by atoms with Crippen LogP contribution in [0.2, 0.25) is 0 Å². The Morgan fingerprint density at radius 2 is 1.57 bits per heavy atom. The minimum Gasteiger partial charge on any atom is -0.368 e. The second-order valence-corrected chi connectivity index (χ2v) is 9.95. The van der Waals surface area contributed by atoms with Crippen molar-refractivity contribution in [2.45, 2.75) is 30.2 Å². The van der Waals surface area contributed by atoms with E-state index >= 15 is 0 Å². The van der Waals surface area contributed by atoms with Crippen molar-refractivity contribution in [1.29, 1.82) is 0 Å². The minimum absolute atomic E-state index is 0.170. The molecule has 162 valence electrons. The maximum absolute atomic E-state index is 12.9. The molecular formula is C21H23F3N2O3S. The van der Waals surface area contributed by atoms with E-state index in [0.29, 0.717) is 37.4 Å². The molecule has 1 fully saturated rings. The van der Waals surface area contributed by atoms with Crippen molar-refractivity contribution in [3.8, 4) is 0 Å². The van der Waals surface area contributed by atoms with Gasteiger partial charge in [0.05, 0.1) is 15.7 Å². The SMILES string of the molecule is CC(C)S(=O)(=O)c1ccc(C(=O)N2CCN(c3cccc(C(F)(F)F)c3)CC2)cc1. The van der Waals surface area contributed by atoms with Crippen LogP contribution in [-0.2, 0) is 16.0 Å². The number of anilines is 1. The van der Waals surface area contributed by atoms with Crippen LogP contribution in [0.15, 0.2) is 53.4 Å². The van der Waals surface area contributed by atoms with Crippen LogP contribution in [0, 0.1) is 0 Å². The molecule has 0 atom stereocenters. The van der Waals surface area contributed by atoms with Crippen molar-refractivity contribution >= 4 is 21.4 Å². The molecule has 1 aliphatic heterocycles. The first-order valence-corrected chi connectivity index (χ1v) is 11.1. The largest absolute Gasteiger partial charge is 0.416 e. The number of amides is 1. The molecule has 1 amide bonds. The Balaban J connectivity index is 1.66. The van der Waals surface area contributed by atoms with Crippen molar-refractivity contribution in [3.05, 3.63) is 59.7 Å². The van der Waals surface area contributed by atoms with Gasteiger partial charge in [-0.15, -0.1) is 0 Å². The molecule has 2 aromatic carbocycles. The lowest BCUT2D eigenvalue weighted by molar-refractivity contribution is -0.137. The van der Waals surface area contributed by atoms with Gasteiger partial charge in [0.1, 0.15) is 0 Å². The molecule has 0 radical (unpaired) electrons. The zero-order chi connectivity index (χ0) is 22.1. The van der Waals surface area contributed by atoms with Crippen molar-refractivity contribution in [2.24, 2.45) is 0 Å². The molecule has 1 saturated heterocycles. The van der Waals surface area contributed by atoms with E-state index in [1.54, 1.807) is 24.8 Å². The maximum Gasteiger partial charge on any atom is 0.416 e. The van der Waals surface area contributed by atoms with Gasteiger partial charge in [-0.25, -0.2) is 8.42 Å². The number of hydrogen-bond acceptors (Lipinski definition) is 4. The Morgan fingerprint density at radius 1 is 0.967 bits per heavy atom. The molecule has 0 bridgehead atoms. The predicted molar refractivity (Wildman–Crippen MR) is 108 cm³/mol. The van der Waals surface area contributed by atoms with Crippen molar-refractivity contribution in [2.75, 3.05) is 31.1 Å². The summed E-state index contributed by atoms with van der Waals surface area (Å²) in [6.45, 7) is 4.73. The topological polar surface area (TPSA) is 57.7 Å². The Morgan fingerprint density at radius 3 is 2.10 bits per heavy atom. The van der Waals surface area contributed by atoms with Crippen LogP contribution < -0.4 is 4.90 Å². The summed E-state index contributed by atoms with van der Waals surface area (Å²) in [5.74, 6) is -0.229. The van der Waals surface area contributed by atoms with Gasteiger partial charge in [0.2, 0.25) is 0 Å². The van der Waals surface area contributed by atoms with Gasteiger partial charge in [0.15, 0.2) is 9.84 Å². The predicted octanol–water partition coefficient (Wildman–Crippen LogP) is 3.85. The van der Waals surface area contributed by atoms with Gasteiger partial charge in [-0.2, -0.15) is 13.2 Å². The average molecular weight is 440 g/mol. The lowest BCUT2D eigenvalue weighted by atomic mass is 10.1. The van der Waals surface area contributed by atoms with Crippen molar-refractivity contribution in [3.63, 3.8) is 0 Å². The second-order valence-electron chi connectivity index (χ2n) is 7.45. The molecule has 5 nitrogen and oxygen atoms in total. The smallest absolute Gasteiger partial charge is 0.368 e. The zero-order valence-corrected chi connectivity index (χ0v) is 17.5. The minimum atomic E-state index is -4.40. The van der Waals surface area contributed by atoms with E-state index < -0.39 is 26.8 Å². The Hall–Kier alpha value is -2.55. The summed E-state index contributed by atoms with van der Waals surface area (Å²) in [6.07, 6.45) is -4.40. The molecule has 0 unspecified atom stereocenters. The fourth-order valence-corrected chi connectivity index (χ4v) is 4.35. The third kappa shape index (κ3) is 4.61. The van der Waals surface area contributed by atoms with Gasteiger partial charge in [0.25, 0.3) is 5.91 Å². The Bertz CT molecular complexity index is 1010. The average Bonchev–Trinajstić information content (AvgIpc) is 2.73. The zero-order valence-electron chi connectivity index (χ0n) is 16.7. The first-order chi connectivity index (χ1) is 14.0. The summed E-state index contributed by atoms with van der Waals surface area (Å²) in [7, 11) is -3.41. The van der Waals surface area contributed by atoms with Gasteiger partial charge in [-0.05, 0) is 56.3 Å². The monoisotopic (exact) mass is 440 g/mol. The molecule has 0 aromatic heterocycles. The number of nitrogens with zero attached hydrogens (tertiary/aromatic N) is 2. The van der Waals surface area contributed by atoms with Crippen LogP contribution in [0.4, 0.5) is 18.9 Å². The summed E-state index contributed by atoms with van der Waals surface area (Å²) >= 11 is 0. The number of alkyl halides is 3. The lowest BCUT2D eigenvalue weighted by Gasteiger charge is -2.36. The number of sulfone groups is 1. The standard InChI is InChI=1S/C21H23F3N2O3S/c1-15(2)30(28,29)19-8-6-16(7-9-19)20(27)26-12-10-25(11-13-26)18-5-3-4-17(14-18)21(22,23)24/h3-9,14-15H,10-13H2,1-2H3. The number of carbonyl (C=O) groups is 1. The molecule has 0 spiro atoms. The number of piperazine rings is 1. The fourth-order valence-electron chi connectivity index (χ4n) is 3.29. The highest BCUT2D eigenvalue weighted by Gasteiger charge is 2.31. The Kier molecular flexibility index (Phi) is 6.12. The first-order valence-electron chi connectivity index (χ1n) is 9.55. The maximum atomic E-state index is 12.9. The molecule has 0 aliphatic carbocycles. The van der Waals surface area contributed by atoms with Crippen LogP contribution in [-0.4, -0.2) is 50.7 Å². The summed E-state index contributed by atoms with van der Waals surface area (Å²) in [5, 5.41) is -0.553. The van der Waals surface area contributed by atoms with Crippen molar-refractivity contribution < 1.29 is 26.4 Å². The summed E-state index contributed by atoms with van der Waals surface area (Å²) in [4.78, 5) is 16.3. The number of carbonyl (C=O) groups excluding carboxylic acids is 1. The normalized spacial score (nSPS) is 15.5. The van der Waals surface area contributed by atoms with E-state index in [1.165, 1.54) is 30.3 Å². The molecule has 0 saturated carbocycles. The van der Waals surface area contributed by atoms with E-state index in [2.05, 4.69) is 0 Å². The van der Waals surface area contributed by atoms with E-state index in [0.717, 1.165) is 12.1 Å². The molecule has 0 N–H and O–H groups in total. The molecule has 1 heterocycles. The molecular weight excluding hydrogens is 417 g/mol. The Labute approximate surface area is 174 Å². The third-order valence-electron chi connectivity index (χ3n) is 5.16. The van der Waals surface area contributed by atoms with E-state index in [1.807, 2.05) is 4.90 Å². The van der Waals surface area contributed by atoms with Crippen LogP contribution in [0.25, 0.3) is 0 Å². The molecule has 9 heteroatoms. The summed E-state index contributed by atoms with van der Waals surface area (Å²) in [5.41, 5.74) is 0.153. The van der Waals surface area contributed by atoms with Gasteiger partial charge in [0, 0.05) is 37.4 Å². The summed E-state index contributed by atoms with van der Waals surface area (Å²) in [6, 6.07) is 11.0. The quantitative estimate of drug-likeness (QED) is 0.725. The fraction of sp³-hybridized carbons (Fsp3) is 0.381. The number of halogens is 3.